The van der Waals surface area contributed by atoms with Crippen molar-refractivity contribution < 1.29 is 33.1 Å². The van der Waals surface area contributed by atoms with Gasteiger partial charge in [-0.3, -0.25) is 14.4 Å². The molecule has 1 aliphatic carbocycles. The molecule has 2 atom stereocenters. The van der Waals surface area contributed by atoms with Gasteiger partial charge in [-0.05, 0) is 69.2 Å². The molecular weight excluding hydrogens is 521 g/mol. The smallest absolute Gasteiger partial charge is 0.303 e. The number of rotatable bonds is 9. The van der Waals surface area contributed by atoms with Crippen LogP contribution in [0.5, 0.6) is 5.75 Å². The second-order valence-electron chi connectivity index (χ2n) is 10.1. The van der Waals surface area contributed by atoms with Crippen LogP contribution in [0.15, 0.2) is 29.4 Å². The molecule has 2 amide bonds. The van der Waals surface area contributed by atoms with Crippen LogP contribution >= 0.6 is 0 Å². The molecule has 12 heteroatoms. The monoisotopic (exact) mass is 555 g/mol. The summed E-state index contributed by atoms with van der Waals surface area (Å²) in [6.07, 6.45) is 2.89. The van der Waals surface area contributed by atoms with Gasteiger partial charge < -0.3 is 24.9 Å². The lowest BCUT2D eigenvalue weighted by Gasteiger charge is -2.31. The van der Waals surface area contributed by atoms with Crippen LogP contribution in [0.3, 0.4) is 0 Å². The molecule has 1 aliphatic heterocycles. The summed E-state index contributed by atoms with van der Waals surface area (Å²) >= 11 is 0. The maximum Gasteiger partial charge on any atom is 0.303 e. The van der Waals surface area contributed by atoms with Gasteiger partial charge in [0.05, 0.1) is 12.8 Å². The first-order valence-electron chi connectivity index (χ1n) is 13.3. The number of methoxy groups -OCH3 is 1. The number of nitrogens with one attached hydrogen (secondary N) is 2. The summed E-state index contributed by atoms with van der Waals surface area (Å²) in [7, 11) is 1.38. The first-order valence-corrected chi connectivity index (χ1v) is 13.3. The van der Waals surface area contributed by atoms with E-state index >= 15 is 0 Å². The fourth-order valence-corrected chi connectivity index (χ4v) is 4.98. The fourth-order valence-electron chi connectivity index (χ4n) is 4.98. The Morgan fingerprint density at radius 1 is 1.15 bits per heavy atom. The summed E-state index contributed by atoms with van der Waals surface area (Å²) in [5, 5.41) is 10.0. The first kappa shape index (κ1) is 28.9. The number of aryl methyl sites for hydroxylation is 1. The van der Waals surface area contributed by atoms with Gasteiger partial charge in [0.1, 0.15) is 23.3 Å². The molecule has 4 rings (SSSR count). The molecule has 1 saturated carbocycles. The van der Waals surface area contributed by atoms with Crippen molar-refractivity contribution >= 4 is 23.5 Å². The average molecular weight is 556 g/mol. The fraction of sp³-hybridized carbons (Fsp3) is 0.500. The zero-order chi connectivity index (χ0) is 28.8. The highest BCUT2D eigenvalue weighted by atomic mass is 19.1. The lowest BCUT2D eigenvalue weighted by molar-refractivity contribution is -0.153. The topological polar surface area (TPSA) is 141 Å². The molecule has 0 saturated heterocycles. The van der Waals surface area contributed by atoms with Gasteiger partial charge in [0, 0.05) is 25.9 Å². The molecule has 0 bridgehead atoms. The van der Waals surface area contributed by atoms with E-state index in [4.69, 9.17) is 14.3 Å². The van der Waals surface area contributed by atoms with Crippen molar-refractivity contribution in [2.75, 3.05) is 7.11 Å². The zero-order valence-electron chi connectivity index (χ0n) is 23.0. The Morgan fingerprint density at radius 3 is 2.60 bits per heavy atom. The van der Waals surface area contributed by atoms with Crippen molar-refractivity contribution in [3.8, 4) is 5.75 Å². The van der Waals surface area contributed by atoms with E-state index in [0.717, 1.165) is 25.7 Å². The van der Waals surface area contributed by atoms with E-state index < -0.39 is 23.8 Å². The number of amides is 2. The van der Waals surface area contributed by atoms with Gasteiger partial charge in [-0.1, -0.05) is 11.2 Å². The average Bonchev–Trinajstić information content (AvgIpc) is 3.42. The van der Waals surface area contributed by atoms with Gasteiger partial charge in [0.25, 0.3) is 11.8 Å². The summed E-state index contributed by atoms with van der Waals surface area (Å²) < 4.78 is 23.6. The van der Waals surface area contributed by atoms with E-state index in [2.05, 4.69) is 25.8 Å². The van der Waals surface area contributed by atoms with E-state index in [-0.39, 0.29) is 42.0 Å². The third kappa shape index (κ3) is 7.30. The van der Waals surface area contributed by atoms with Crippen LogP contribution in [0.4, 0.5) is 4.39 Å². The van der Waals surface area contributed by atoms with Crippen LogP contribution in [0.1, 0.15) is 73.5 Å². The molecule has 1 aromatic heterocycles. The molecule has 2 heterocycles. The number of nitrogens with zero attached hydrogens (tertiary/aromatic N) is 3. The first-order chi connectivity index (χ1) is 19.1. The number of hydrogen-bond donors (Lipinski definition) is 2. The van der Waals surface area contributed by atoms with Crippen molar-refractivity contribution in [2.45, 2.75) is 77.7 Å². The van der Waals surface area contributed by atoms with E-state index in [1.165, 1.54) is 26.2 Å². The van der Waals surface area contributed by atoms with Gasteiger partial charge in [-0.2, -0.15) is 0 Å². The predicted octanol–water partition coefficient (Wildman–Crippen LogP) is 2.98. The number of ether oxygens (including phenoxy) is 2. The second kappa shape index (κ2) is 12.8. The minimum absolute atomic E-state index is 0.0186. The maximum atomic E-state index is 13.7. The molecular formula is C28H34FN5O6. The summed E-state index contributed by atoms with van der Waals surface area (Å²) in [6, 6.07) is 6.00. The van der Waals surface area contributed by atoms with Gasteiger partial charge in [0.2, 0.25) is 0 Å². The van der Waals surface area contributed by atoms with Crippen molar-refractivity contribution in [3.05, 3.63) is 52.9 Å². The molecule has 1 fully saturated rings. The molecule has 2 aliphatic rings. The summed E-state index contributed by atoms with van der Waals surface area (Å²) in [4.78, 5) is 50.7. The Labute approximate surface area is 231 Å². The normalized spacial score (nSPS) is 21.0. The highest BCUT2D eigenvalue weighted by Gasteiger charge is 2.35. The third-order valence-electron chi connectivity index (χ3n) is 7.08. The molecule has 0 radical (unpaired) electrons. The van der Waals surface area contributed by atoms with Crippen LogP contribution in [0.2, 0.25) is 0 Å². The molecule has 11 nitrogen and oxygen atoms in total. The van der Waals surface area contributed by atoms with Crippen LogP contribution in [0.25, 0.3) is 0 Å². The van der Waals surface area contributed by atoms with Crippen LogP contribution in [0, 0.1) is 18.7 Å². The van der Waals surface area contributed by atoms with Crippen molar-refractivity contribution in [3.63, 3.8) is 0 Å². The predicted molar refractivity (Wildman–Crippen MR) is 142 cm³/mol. The van der Waals surface area contributed by atoms with E-state index in [0.29, 0.717) is 29.2 Å². The maximum absolute atomic E-state index is 13.7. The molecule has 2 aromatic rings. The molecule has 2 N–H and O–H groups in total. The number of benzene rings is 1. The van der Waals surface area contributed by atoms with Gasteiger partial charge in [0.15, 0.2) is 17.7 Å². The Balaban J connectivity index is 1.30. The Hall–Kier alpha value is -4.09. The standard InChI is InChI=1S/C28H34FN5O6/c1-15(39-17(3)35)27(36)33-20-8-6-19(7-9-20)25-13-23(34-40-25)22-12-24(32-16(2)31-22)28(37)30-14-18-5-10-21(29)26(11-18)38-4/h5,10-12,15,19-20,25H,6-9,13-14H2,1-4H3,(H,30,37)(H,33,36)/t15-,19?,20?,25?/m0/s1. The Morgan fingerprint density at radius 2 is 1.90 bits per heavy atom. The number of carbonyl (C=O) groups excluding carboxylic acids is 3. The van der Waals surface area contributed by atoms with E-state index in [1.54, 1.807) is 26.0 Å². The molecule has 1 aromatic carbocycles. The quantitative estimate of drug-likeness (QED) is 0.450. The number of aromatic nitrogens is 2. The van der Waals surface area contributed by atoms with Crippen molar-refractivity contribution in [2.24, 2.45) is 11.1 Å². The van der Waals surface area contributed by atoms with Crippen molar-refractivity contribution in [1.29, 1.82) is 0 Å². The largest absolute Gasteiger partial charge is 0.494 e. The molecule has 40 heavy (non-hydrogen) atoms. The molecule has 214 valence electrons. The Bertz CT molecular complexity index is 1290. The lowest BCUT2D eigenvalue weighted by atomic mass is 9.81. The molecule has 0 spiro atoms. The second-order valence-corrected chi connectivity index (χ2v) is 10.1. The summed E-state index contributed by atoms with van der Waals surface area (Å²) in [5.41, 5.74) is 2.06. The minimum atomic E-state index is -0.820. The van der Waals surface area contributed by atoms with Gasteiger partial charge in [-0.15, -0.1) is 0 Å². The number of carbonyl (C=O) groups is 3. The van der Waals surface area contributed by atoms with Crippen LogP contribution in [-0.4, -0.2) is 58.8 Å². The van der Waals surface area contributed by atoms with Crippen LogP contribution < -0.4 is 15.4 Å². The van der Waals surface area contributed by atoms with Gasteiger partial charge >= 0.3 is 5.97 Å². The van der Waals surface area contributed by atoms with E-state index in [1.807, 2.05) is 0 Å². The molecule has 1 unspecified atom stereocenters. The van der Waals surface area contributed by atoms with E-state index in [9.17, 15) is 18.8 Å². The summed E-state index contributed by atoms with van der Waals surface area (Å²) in [6.45, 7) is 4.71. The highest BCUT2D eigenvalue weighted by molar-refractivity contribution is 6.02. The number of halogens is 1. The summed E-state index contributed by atoms with van der Waals surface area (Å²) in [5.74, 6) is -0.856. The highest BCUT2D eigenvalue weighted by Crippen LogP contribution is 2.33. The lowest BCUT2D eigenvalue weighted by Crippen LogP contribution is -2.44. The number of esters is 1. The third-order valence-corrected chi connectivity index (χ3v) is 7.08. The van der Waals surface area contributed by atoms with Crippen molar-refractivity contribution in [1.82, 2.24) is 20.6 Å². The van der Waals surface area contributed by atoms with Crippen LogP contribution in [-0.2, 0) is 25.7 Å². The number of hydrogen-bond acceptors (Lipinski definition) is 9. The number of oxime groups is 1. The van der Waals surface area contributed by atoms with Gasteiger partial charge in [-0.25, -0.2) is 14.4 Å². The zero-order valence-corrected chi connectivity index (χ0v) is 23.0. The Kier molecular flexibility index (Phi) is 9.28. The minimum Gasteiger partial charge on any atom is -0.494 e. The SMILES string of the molecule is COc1cc(CNC(=O)c2cc(C3=NOC(C4CCC(NC(=O)[C@H](C)OC(C)=O)CC4)C3)nc(C)n2)ccc1F.